The zero-order valence-corrected chi connectivity index (χ0v) is 13.3. The van der Waals surface area contributed by atoms with E-state index in [-0.39, 0.29) is 12.1 Å². The summed E-state index contributed by atoms with van der Waals surface area (Å²) < 4.78 is 31.1. The lowest BCUT2D eigenvalue weighted by Crippen LogP contribution is -2.35. The lowest BCUT2D eigenvalue weighted by Gasteiger charge is -2.14. The van der Waals surface area contributed by atoms with Crippen molar-refractivity contribution in [3.63, 3.8) is 0 Å². The lowest BCUT2D eigenvalue weighted by atomic mass is 10.1. The van der Waals surface area contributed by atoms with E-state index in [1.54, 1.807) is 0 Å². The van der Waals surface area contributed by atoms with Gasteiger partial charge in [0.25, 0.3) is 5.91 Å². The maximum absolute atomic E-state index is 13.1. The standard InChI is InChI=1S/C18H17F2NO3/c1-11-3-5-13(6-4-11)10-21-17(22)12(2)24-18(23)14-7-15(19)9-16(20)8-14/h3-9,12H,10H2,1-2H3,(H,21,22)/t12-/m0/s1. The summed E-state index contributed by atoms with van der Waals surface area (Å²) in [5, 5.41) is 2.63. The summed E-state index contributed by atoms with van der Waals surface area (Å²) in [6, 6.07) is 9.94. The number of carbonyl (C=O) groups excluding carboxylic acids is 2. The predicted octanol–water partition coefficient (Wildman–Crippen LogP) is 3.13. The Morgan fingerprint density at radius 1 is 1.08 bits per heavy atom. The van der Waals surface area contributed by atoms with E-state index in [1.807, 2.05) is 31.2 Å². The van der Waals surface area contributed by atoms with Gasteiger partial charge in [-0.1, -0.05) is 29.8 Å². The number of amides is 1. The third-order valence-electron chi connectivity index (χ3n) is 3.34. The van der Waals surface area contributed by atoms with E-state index in [0.717, 1.165) is 23.3 Å². The van der Waals surface area contributed by atoms with Crippen LogP contribution < -0.4 is 5.32 Å². The molecule has 0 radical (unpaired) electrons. The zero-order chi connectivity index (χ0) is 17.7. The molecule has 0 bridgehead atoms. The molecule has 1 amide bonds. The predicted molar refractivity (Wildman–Crippen MR) is 84.3 cm³/mol. The summed E-state index contributed by atoms with van der Waals surface area (Å²) in [7, 11) is 0. The number of aryl methyl sites for hydroxylation is 1. The van der Waals surface area contributed by atoms with Gasteiger partial charge >= 0.3 is 5.97 Å². The number of esters is 1. The van der Waals surface area contributed by atoms with Crippen molar-refractivity contribution in [3.8, 4) is 0 Å². The number of halogens is 2. The number of hydrogen-bond acceptors (Lipinski definition) is 3. The van der Waals surface area contributed by atoms with Crippen molar-refractivity contribution in [2.24, 2.45) is 0 Å². The third-order valence-corrected chi connectivity index (χ3v) is 3.34. The van der Waals surface area contributed by atoms with Crippen LogP contribution in [0.25, 0.3) is 0 Å². The molecule has 1 atom stereocenters. The molecule has 24 heavy (non-hydrogen) atoms. The van der Waals surface area contributed by atoms with E-state index >= 15 is 0 Å². The molecule has 0 aliphatic rings. The van der Waals surface area contributed by atoms with Crippen LogP contribution in [0.2, 0.25) is 0 Å². The average Bonchev–Trinajstić information content (AvgIpc) is 2.53. The molecule has 2 aromatic carbocycles. The molecule has 0 fully saturated rings. The first-order valence-electron chi connectivity index (χ1n) is 7.35. The highest BCUT2D eigenvalue weighted by atomic mass is 19.1. The van der Waals surface area contributed by atoms with Gasteiger partial charge in [0.2, 0.25) is 0 Å². The number of ether oxygens (including phenoxy) is 1. The summed E-state index contributed by atoms with van der Waals surface area (Å²) in [5.74, 6) is -3.25. The van der Waals surface area contributed by atoms with Gasteiger partial charge in [-0.15, -0.1) is 0 Å². The van der Waals surface area contributed by atoms with Crippen LogP contribution in [-0.4, -0.2) is 18.0 Å². The van der Waals surface area contributed by atoms with Crippen molar-refractivity contribution in [1.82, 2.24) is 5.32 Å². The normalized spacial score (nSPS) is 11.7. The molecule has 2 rings (SSSR count). The van der Waals surface area contributed by atoms with E-state index < -0.39 is 29.6 Å². The second-order valence-corrected chi connectivity index (χ2v) is 5.41. The van der Waals surface area contributed by atoms with E-state index in [2.05, 4.69) is 5.32 Å². The fraction of sp³-hybridized carbons (Fsp3) is 0.222. The second-order valence-electron chi connectivity index (χ2n) is 5.41. The molecule has 0 spiro atoms. The highest BCUT2D eigenvalue weighted by molar-refractivity contribution is 5.92. The Labute approximate surface area is 138 Å². The molecule has 0 aliphatic heterocycles. The largest absolute Gasteiger partial charge is 0.449 e. The first-order valence-corrected chi connectivity index (χ1v) is 7.35. The van der Waals surface area contributed by atoms with Crippen molar-refractivity contribution in [3.05, 3.63) is 70.8 Å². The second kappa shape index (κ2) is 7.68. The summed E-state index contributed by atoms with van der Waals surface area (Å²) in [6.45, 7) is 3.63. The fourth-order valence-corrected chi connectivity index (χ4v) is 1.99. The first-order chi connectivity index (χ1) is 11.3. The van der Waals surface area contributed by atoms with Gasteiger partial charge in [0.05, 0.1) is 5.56 Å². The number of nitrogens with one attached hydrogen (secondary N) is 1. The van der Waals surface area contributed by atoms with E-state index in [0.29, 0.717) is 6.07 Å². The van der Waals surface area contributed by atoms with Crippen molar-refractivity contribution < 1.29 is 23.1 Å². The van der Waals surface area contributed by atoms with Crippen molar-refractivity contribution in [1.29, 1.82) is 0 Å². The Bertz CT molecular complexity index is 724. The first kappa shape index (κ1) is 17.6. The van der Waals surface area contributed by atoms with E-state index in [9.17, 15) is 18.4 Å². The fourth-order valence-electron chi connectivity index (χ4n) is 1.99. The van der Waals surface area contributed by atoms with E-state index in [4.69, 9.17) is 4.74 Å². The Morgan fingerprint density at radius 3 is 2.25 bits per heavy atom. The van der Waals surface area contributed by atoms with Crippen LogP contribution in [0.1, 0.15) is 28.4 Å². The quantitative estimate of drug-likeness (QED) is 0.855. The highest BCUT2D eigenvalue weighted by Crippen LogP contribution is 2.10. The molecule has 0 aliphatic carbocycles. The monoisotopic (exact) mass is 333 g/mol. The van der Waals surface area contributed by atoms with Gasteiger partial charge in [0.1, 0.15) is 11.6 Å². The van der Waals surface area contributed by atoms with Crippen LogP contribution in [0.5, 0.6) is 0 Å². The smallest absolute Gasteiger partial charge is 0.339 e. The lowest BCUT2D eigenvalue weighted by molar-refractivity contribution is -0.129. The zero-order valence-electron chi connectivity index (χ0n) is 13.3. The van der Waals surface area contributed by atoms with Crippen LogP contribution in [-0.2, 0) is 16.1 Å². The van der Waals surface area contributed by atoms with Gasteiger partial charge in [0.15, 0.2) is 6.10 Å². The molecule has 2 aromatic rings. The maximum atomic E-state index is 13.1. The molecular weight excluding hydrogens is 316 g/mol. The number of carbonyl (C=O) groups is 2. The maximum Gasteiger partial charge on any atom is 0.339 e. The van der Waals surface area contributed by atoms with E-state index in [1.165, 1.54) is 6.92 Å². The highest BCUT2D eigenvalue weighted by Gasteiger charge is 2.19. The number of rotatable bonds is 5. The molecule has 6 heteroatoms. The van der Waals surface area contributed by atoms with Gasteiger partial charge in [-0.25, -0.2) is 13.6 Å². The molecule has 4 nitrogen and oxygen atoms in total. The topological polar surface area (TPSA) is 55.4 Å². The SMILES string of the molecule is Cc1ccc(CNC(=O)[C@H](C)OC(=O)c2cc(F)cc(F)c2)cc1. The number of benzene rings is 2. The van der Waals surface area contributed by atoms with Crippen LogP contribution in [0.3, 0.4) is 0 Å². The van der Waals surface area contributed by atoms with Crippen LogP contribution in [0.4, 0.5) is 8.78 Å². The Hall–Kier alpha value is -2.76. The summed E-state index contributed by atoms with van der Waals surface area (Å²) >= 11 is 0. The minimum absolute atomic E-state index is 0.286. The molecule has 0 heterocycles. The summed E-state index contributed by atoms with van der Waals surface area (Å²) in [5.41, 5.74) is 1.72. The molecule has 1 N–H and O–H groups in total. The van der Waals surface area contributed by atoms with Gasteiger partial charge in [-0.05, 0) is 31.5 Å². The van der Waals surface area contributed by atoms with Crippen molar-refractivity contribution in [2.75, 3.05) is 0 Å². The molecule has 0 saturated carbocycles. The molecule has 0 unspecified atom stereocenters. The average molecular weight is 333 g/mol. The van der Waals surface area contributed by atoms with Crippen LogP contribution >= 0.6 is 0 Å². The molecule has 126 valence electrons. The Balaban J connectivity index is 1.90. The minimum atomic E-state index is -1.09. The molecule has 0 saturated heterocycles. The Morgan fingerprint density at radius 2 is 1.67 bits per heavy atom. The number of hydrogen-bond donors (Lipinski definition) is 1. The summed E-state index contributed by atoms with van der Waals surface area (Å²) in [4.78, 5) is 23.8. The molecule has 0 aromatic heterocycles. The van der Waals surface area contributed by atoms with Gasteiger partial charge in [-0.2, -0.15) is 0 Å². The van der Waals surface area contributed by atoms with Crippen LogP contribution in [0.15, 0.2) is 42.5 Å². The van der Waals surface area contributed by atoms with Crippen molar-refractivity contribution in [2.45, 2.75) is 26.5 Å². The summed E-state index contributed by atoms with van der Waals surface area (Å²) in [6.07, 6.45) is -1.09. The van der Waals surface area contributed by atoms with Gasteiger partial charge in [-0.3, -0.25) is 4.79 Å². The molecular formula is C18H17F2NO3. The van der Waals surface area contributed by atoms with Crippen LogP contribution in [0, 0.1) is 18.6 Å². The van der Waals surface area contributed by atoms with Gasteiger partial charge in [0, 0.05) is 12.6 Å². The van der Waals surface area contributed by atoms with Gasteiger partial charge < -0.3 is 10.1 Å². The Kier molecular flexibility index (Phi) is 5.63. The third kappa shape index (κ3) is 4.87. The van der Waals surface area contributed by atoms with Crippen molar-refractivity contribution >= 4 is 11.9 Å². The minimum Gasteiger partial charge on any atom is -0.449 e.